The van der Waals surface area contributed by atoms with E-state index in [9.17, 15) is 28.3 Å². The predicted molar refractivity (Wildman–Crippen MR) is 136 cm³/mol. The Morgan fingerprint density at radius 1 is 1.21 bits per heavy atom. The lowest BCUT2D eigenvalue weighted by Gasteiger charge is -2.46. The summed E-state index contributed by atoms with van der Waals surface area (Å²) in [5.74, 6) is -3.74. The summed E-state index contributed by atoms with van der Waals surface area (Å²) in [6, 6.07) is -0.115. The number of amides is 2. The Balaban J connectivity index is 1.40. The number of carbonyl (C=O) groups is 2. The lowest BCUT2D eigenvalue weighted by atomic mass is 9.86. The molecule has 0 aromatic carbocycles. The van der Waals surface area contributed by atoms with E-state index in [1.807, 2.05) is 18.7 Å². The molecule has 12 heteroatoms. The fourth-order valence-electron chi connectivity index (χ4n) is 5.26. The van der Waals surface area contributed by atoms with Crippen molar-refractivity contribution in [2.24, 2.45) is 5.92 Å². The standard InChI is InChI=1S/C26H34F2N6O4/c1-15(2)14-33-22-17(13-29-34(22)25(38)20(24(33)37)21(35)30-18-4-5-18)10-16(3)23(36)32-8-6-31(7-9-32)19-11-26(27,28)12-19/h10,13,15,18-19,37H,4-9,11-12,14H2,1-3H3,(H,30,35)/b16-10+. The van der Waals surface area contributed by atoms with Crippen molar-refractivity contribution >= 4 is 23.5 Å². The number of carbonyl (C=O) groups excluding carboxylic acids is 2. The molecule has 3 aliphatic rings. The van der Waals surface area contributed by atoms with E-state index in [1.54, 1.807) is 17.9 Å². The van der Waals surface area contributed by atoms with E-state index >= 15 is 0 Å². The Morgan fingerprint density at radius 2 is 1.87 bits per heavy atom. The molecular weight excluding hydrogens is 498 g/mol. The highest BCUT2D eigenvalue weighted by molar-refractivity contribution is 5.99. The summed E-state index contributed by atoms with van der Waals surface area (Å²) < 4.78 is 29.1. The zero-order valence-corrected chi connectivity index (χ0v) is 21.9. The molecule has 0 atom stereocenters. The minimum Gasteiger partial charge on any atom is -0.494 e. The van der Waals surface area contributed by atoms with Gasteiger partial charge in [-0.3, -0.25) is 23.9 Å². The number of nitrogens with one attached hydrogen (secondary N) is 1. The molecule has 3 heterocycles. The molecule has 3 fully saturated rings. The highest BCUT2D eigenvalue weighted by Gasteiger charge is 2.48. The molecule has 206 valence electrons. The van der Waals surface area contributed by atoms with Crippen LogP contribution in [-0.4, -0.2) is 85.1 Å². The Bertz CT molecular complexity index is 1340. The number of aromatic nitrogens is 3. The maximum absolute atomic E-state index is 13.2. The largest absolute Gasteiger partial charge is 0.494 e. The molecule has 1 aliphatic heterocycles. The summed E-state index contributed by atoms with van der Waals surface area (Å²) in [4.78, 5) is 42.9. The maximum Gasteiger partial charge on any atom is 0.291 e. The van der Waals surface area contributed by atoms with Crippen LogP contribution in [0.5, 0.6) is 5.88 Å². The van der Waals surface area contributed by atoms with E-state index in [1.165, 1.54) is 10.8 Å². The number of rotatable bonds is 7. The average molecular weight is 533 g/mol. The third-order valence-corrected chi connectivity index (χ3v) is 7.50. The van der Waals surface area contributed by atoms with Crippen molar-refractivity contribution in [2.75, 3.05) is 26.2 Å². The molecule has 2 N–H and O–H groups in total. The van der Waals surface area contributed by atoms with Crippen LogP contribution in [0.15, 0.2) is 16.6 Å². The van der Waals surface area contributed by atoms with E-state index in [4.69, 9.17) is 0 Å². The number of hydrogen-bond acceptors (Lipinski definition) is 6. The summed E-state index contributed by atoms with van der Waals surface area (Å²) in [5, 5.41) is 18.0. The molecular formula is C26H34F2N6O4. The van der Waals surface area contributed by atoms with Gasteiger partial charge in [0.15, 0.2) is 5.56 Å². The van der Waals surface area contributed by atoms with Gasteiger partial charge < -0.3 is 15.3 Å². The Kier molecular flexibility index (Phi) is 6.79. The summed E-state index contributed by atoms with van der Waals surface area (Å²) in [7, 11) is 0. The minimum atomic E-state index is -2.57. The number of piperazine rings is 1. The summed E-state index contributed by atoms with van der Waals surface area (Å²) in [5.41, 5.74) is 0.109. The first-order valence-electron chi connectivity index (χ1n) is 13.2. The van der Waals surface area contributed by atoms with Crippen molar-refractivity contribution in [3.8, 4) is 5.88 Å². The predicted octanol–water partition coefficient (Wildman–Crippen LogP) is 2.09. The molecule has 2 saturated carbocycles. The third kappa shape index (κ3) is 5.05. The number of fused-ring (bicyclic) bond motifs is 1. The molecule has 1 saturated heterocycles. The molecule has 2 amide bonds. The third-order valence-electron chi connectivity index (χ3n) is 7.50. The van der Waals surface area contributed by atoms with Gasteiger partial charge in [-0.05, 0) is 31.8 Å². The fourth-order valence-corrected chi connectivity index (χ4v) is 5.26. The Morgan fingerprint density at radius 3 is 2.45 bits per heavy atom. The van der Waals surface area contributed by atoms with Crippen LogP contribution in [0, 0.1) is 5.92 Å². The molecule has 0 radical (unpaired) electrons. The first kappa shape index (κ1) is 26.3. The normalized spacial score (nSPS) is 20.7. The van der Waals surface area contributed by atoms with E-state index in [0.29, 0.717) is 49.5 Å². The highest BCUT2D eigenvalue weighted by atomic mass is 19.3. The number of aromatic hydroxyl groups is 1. The lowest BCUT2D eigenvalue weighted by Crippen LogP contribution is -2.57. The molecule has 2 aromatic heterocycles. The zero-order valence-electron chi connectivity index (χ0n) is 21.9. The van der Waals surface area contributed by atoms with Crippen molar-refractivity contribution in [1.82, 2.24) is 29.3 Å². The smallest absolute Gasteiger partial charge is 0.291 e. The number of nitrogens with zero attached hydrogens (tertiary/aromatic N) is 5. The molecule has 2 aromatic rings. The molecule has 38 heavy (non-hydrogen) atoms. The van der Waals surface area contributed by atoms with Crippen LogP contribution in [0.25, 0.3) is 11.7 Å². The Hall–Kier alpha value is -3.28. The average Bonchev–Trinajstić information content (AvgIpc) is 3.56. The summed E-state index contributed by atoms with van der Waals surface area (Å²) in [6.07, 6.45) is 4.51. The van der Waals surface area contributed by atoms with Gasteiger partial charge in [-0.2, -0.15) is 9.61 Å². The van der Waals surface area contributed by atoms with Gasteiger partial charge in [0.2, 0.25) is 11.8 Å². The number of hydrogen-bond donors (Lipinski definition) is 2. The fraction of sp³-hybridized carbons (Fsp3) is 0.615. The van der Waals surface area contributed by atoms with Crippen LogP contribution >= 0.6 is 0 Å². The van der Waals surface area contributed by atoms with Crippen molar-refractivity contribution in [3.63, 3.8) is 0 Å². The van der Waals surface area contributed by atoms with E-state index in [-0.39, 0.29) is 42.3 Å². The first-order valence-corrected chi connectivity index (χ1v) is 13.2. The lowest BCUT2D eigenvalue weighted by molar-refractivity contribution is -0.139. The van der Waals surface area contributed by atoms with Gasteiger partial charge >= 0.3 is 0 Å². The van der Waals surface area contributed by atoms with Gasteiger partial charge in [0, 0.05) is 68.8 Å². The monoisotopic (exact) mass is 532 g/mol. The second-order valence-corrected chi connectivity index (χ2v) is 11.2. The molecule has 5 rings (SSSR count). The molecule has 0 bridgehead atoms. The van der Waals surface area contributed by atoms with Gasteiger partial charge in [0.1, 0.15) is 5.65 Å². The van der Waals surface area contributed by atoms with E-state index < -0.39 is 23.3 Å². The first-order chi connectivity index (χ1) is 17.9. The van der Waals surface area contributed by atoms with Crippen molar-refractivity contribution < 1.29 is 23.5 Å². The summed E-state index contributed by atoms with van der Waals surface area (Å²) in [6.45, 7) is 7.87. The SMILES string of the molecule is C/C(=C\c1cnn2c(=O)c(C(=O)NC3CC3)c(O)n(CC(C)C)c12)C(=O)N1CCN(C2CC(F)(F)C2)CC1. The van der Waals surface area contributed by atoms with Crippen LogP contribution in [0.3, 0.4) is 0 Å². The van der Waals surface area contributed by atoms with Gasteiger partial charge in [-0.15, -0.1) is 0 Å². The molecule has 0 spiro atoms. The van der Waals surface area contributed by atoms with Gasteiger partial charge in [-0.25, -0.2) is 8.78 Å². The second-order valence-electron chi connectivity index (χ2n) is 11.2. The van der Waals surface area contributed by atoms with E-state index in [0.717, 1.165) is 17.4 Å². The van der Waals surface area contributed by atoms with Crippen LogP contribution < -0.4 is 10.9 Å². The maximum atomic E-state index is 13.2. The molecule has 10 nitrogen and oxygen atoms in total. The summed E-state index contributed by atoms with van der Waals surface area (Å²) >= 11 is 0. The number of alkyl halides is 2. The van der Waals surface area contributed by atoms with Gasteiger partial charge in [-0.1, -0.05) is 13.8 Å². The number of halogens is 2. The van der Waals surface area contributed by atoms with Crippen molar-refractivity contribution in [2.45, 2.75) is 71.0 Å². The van der Waals surface area contributed by atoms with Gasteiger partial charge in [0.05, 0.1) is 6.20 Å². The highest BCUT2D eigenvalue weighted by Crippen LogP contribution is 2.40. The van der Waals surface area contributed by atoms with E-state index in [2.05, 4.69) is 10.4 Å². The second kappa shape index (κ2) is 9.79. The quantitative estimate of drug-likeness (QED) is 0.529. The Labute approximate surface area is 218 Å². The molecule has 2 aliphatic carbocycles. The van der Waals surface area contributed by atoms with Crippen LogP contribution in [0.4, 0.5) is 8.78 Å². The zero-order chi connectivity index (χ0) is 27.4. The van der Waals surface area contributed by atoms with Gasteiger partial charge in [0.25, 0.3) is 17.4 Å². The van der Waals surface area contributed by atoms with Crippen molar-refractivity contribution in [1.29, 1.82) is 0 Å². The van der Waals surface area contributed by atoms with Crippen molar-refractivity contribution in [3.05, 3.63) is 33.3 Å². The van der Waals surface area contributed by atoms with Crippen LogP contribution in [-0.2, 0) is 11.3 Å². The minimum absolute atomic E-state index is 0.0110. The topological polar surface area (TPSA) is 112 Å². The van der Waals surface area contributed by atoms with Crippen LogP contribution in [0.1, 0.15) is 62.4 Å². The van der Waals surface area contributed by atoms with Crippen LogP contribution in [0.2, 0.25) is 0 Å². The molecule has 0 unspecified atom stereocenters.